The topological polar surface area (TPSA) is 6.48 Å². The summed E-state index contributed by atoms with van der Waals surface area (Å²) in [5.74, 6) is 0. The standard InChI is InChI=1S/C52H58N2Si/c1-31-23-35(5)49(36(6)24-31)53(50-37(7)25-32(2)26-38(50)8)45-17-15-19-47-43(45)21-22-44-46(18-16-20-48(44)55(47,13)14)54(51-39(9)27-33(3)28-40(51)10)52-41(11)29-34(4)30-42(52)12/h15-30H,1-14H3. The average Bonchev–Trinajstić information content (AvgIpc) is 3.19. The molecule has 0 amide bonds. The van der Waals surface area contributed by atoms with Crippen molar-refractivity contribution in [2.24, 2.45) is 0 Å². The molecule has 1 heterocycles. The van der Waals surface area contributed by atoms with Crippen LogP contribution in [0, 0.1) is 83.1 Å². The lowest BCUT2D eigenvalue weighted by Gasteiger charge is -2.36. The predicted molar refractivity (Wildman–Crippen MR) is 245 cm³/mol. The number of fused-ring (bicyclic) bond motifs is 2. The predicted octanol–water partition coefficient (Wildman–Crippen LogP) is 13.6. The van der Waals surface area contributed by atoms with Crippen molar-refractivity contribution in [1.82, 2.24) is 0 Å². The van der Waals surface area contributed by atoms with Gasteiger partial charge >= 0.3 is 0 Å². The fourth-order valence-electron chi connectivity index (χ4n) is 10.1. The van der Waals surface area contributed by atoms with Gasteiger partial charge < -0.3 is 9.80 Å². The van der Waals surface area contributed by atoms with Gasteiger partial charge in [0.15, 0.2) is 0 Å². The lowest BCUT2D eigenvalue weighted by Crippen LogP contribution is -2.54. The maximum atomic E-state index is 2.59. The van der Waals surface area contributed by atoms with E-state index in [4.69, 9.17) is 0 Å². The molecule has 1 aliphatic rings. The van der Waals surface area contributed by atoms with Crippen molar-refractivity contribution in [3.63, 3.8) is 0 Å². The Bertz CT molecular complexity index is 2170. The van der Waals surface area contributed by atoms with Crippen LogP contribution in [0.2, 0.25) is 13.1 Å². The van der Waals surface area contributed by atoms with E-state index in [1.165, 1.54) is 122 Å². The number of hydrogen-bond donors (Lipinski definition) is 0. The Morgan fingerprint density at radius 1 is 0.345 bits per heavy atom. The fourth-order valence-corrected chi connectivity index (χ4v) is 13.1. The van der Waals surface area contributed by atoms with Gasteiger partial charge in [-0.1, -0.05) is 120 Å². The summed E-state index contributed by atoms with van der Waals surface area (Å²) in [5, 5.41) is 2.92. The highest BCUT2D eigenvalue weighted by Gasteiger charge is 2.36. The first-order chi connectivity index (χ1) is 26.0. The lowest BCUT2D eigenvalue weighted by atomic mass is 9.97. The number of anilines is 6. The van der Waals surface area contributed by atoms with Crippen LogP contribution in [0.15, 0.2) is 84.9 Å². The Morgan fingerprint density at radius 3 is 0.818 bits per heavy atom. The van der Waals surface area contributed by atoms with Crippen molar-refractivity contribution < 1.29 is 0 Å². The summed E-state index contributed by atoms with van der Waals surface area (Å²) in [6.07, 6.45) is 4.89. The molecule has 55 heavy (non-hydrogen) atoms. The van der Waals surface area contributed by atoms with Gasteiger partial charge in [0.2, 0.25) is 0 Å². The third-order valence-corrected chi connectivity index (χ3v) is 15.4. The molecular weight excluding hydrogens is 681 g/mol. The van der Waals surface area contributed by atoms with Gasteiger partial charge in [0.05, 0.1) is 34.1 Å². The molecule has 2 nitrogen and oxygen atoms in total. The van der Waals surface area contributed by atoms with E-state index in [1.54, 1.807) is 0 Å². The van der Waals surface area contributed by atoms with Crippen molar-refractivity contribution in [3.8, 4) is 0 Å². The minimum Gasteiger partial charge on any atom is -0.309 e. The zero-order valence-electron chi connectivity index (χ0n) is 35.6. The average molecular weight is 739 g/mol. The molecule has 0 saturated heterocycles. The largest absolute Gasteiger partial charge is 0.309 e. The second-order valence-electron chi connectivity index (χ2n) is 17.1. The maximum Gasteiger partial charge on any atom is 0.113 e. The first-order valence-electron chi connectivity index (χ1n) is 19.9. The van der Waals surface area contributed by atoms with Crippen LogP contribution in [0.5, 0.6) is 0 Å². The quantitative estimate of drug-likeness (QED) is 0.157. The molecule has 0 bridgehead atoms. The van der Waals surface area contributed by atoms with Gasteiger partial charge in [-0.2, -0.15) is 0 Å². The smallest absolute Gasteiger partial charge is 0.113 e. The Morgan fingerprint density at radius 2 is 0.582 bits per heavy atom. The number of benzene rings is 6. The van der Waals surface area contributed by atoms with Crippen molar-refractivity contribution in [3.05, 3.63) is 163 Å². The summed E-state index contributed by atoms with van der Waals surface area (Å²) < 4.78 is 0. The molecule has 3 heteroatoms. The van der Waals surface area contributed by atoms with E-state index in [0.717, 1.165) is 0 Å². The highest BCUT2D eigenvalue weighted by atomic mass is 28.3. The number of nitrogens with zero attached hydrogens (tertiary/aromatic N) is 2. The molecule has 0 fully saturated rings. The first kappa shape index (κ1) is 38.2. The number of rotatable bonds is 6. The molecule has 0 radical (unpaired) electrons. The molecule has 7 rings (SSSR count). The van der Waals surface area contributed by atoms with Crippen LogP contribution >= 0.6 is 0 Å². The second-order valence-corrected chi connectivity index (χ2v) is 21.4. The van der Waals surface area contributed by atoms with Gasteiger partial charge in [-0.15, -0.1) is 0 Å². The van der Waals surface area contributed by atoms with Gasteiger partial charge in [0.25, 0.3) is 0 Å². The van der Waals surface area contributed by atoms with Crippen LogP contribution in [0.25, 0.3) is 12.2 Å². The Labute approximate surface area is 332 Å². The Hall–Kier alpha value is -5.12. The fraction of sp³-hybridized carbons (Fsp3) is 0.269. The third-order valence-electron chi connectivity index (χ3n) is 11.8. The number of aryl methyl sites for hydroxylation is 12. The van der Waals surface area contributed by atoms with E-state index in [1.807, 2.05) is 0 Å². The summed E-state index contributed by atoms with van der Waals surface area (Å²) in [7, 11) is -2.30. The first-order valence-corrected chi connectivity index (χ1v) is 22.9. The highest BCUT2D eigenvalue weighted by Crippen LogP contribution is 2.47. The molecule has 6 aromatic rings. The van der Waals surface area contributed by atoms with Gasteiger partial charge in [-0.25, -0.2) is 0 Å². The van der Waals surface area contributed by atoms with Crippen LogP contribution in [-0.4, -0.2) is 8.07 Å². The molecule has 0 unspecified atom stereocenters. The normalized spacial score (nSPS) is 13.0. The van der Waals surface area contributed by atoms with Crippen molar-refractivity contribution in [1.29, 1.82) is 0 Å². The van der Waals surface area contributed by atoms with Crippen LogP contribution in [-0.2, 0) is 0 Å². The molecule has 0 N–H and O–H groups in total. The van der Waals surface area contributed by atoms with E-state index in [2.05, 4.69) is 203 Å². The monoisotopic (exact) mass is 738 g/mol. The number of hydrogen-bond acceptors (Lipinski definition) is 2. The van der Waals surface area contributed by atoms with Crippen molar-refractivity contribution in [2.45, 2.75) is 96.2 Å². The molecule has 1 aliphatic heterocycles. The minimum atomic E-state index is -2.30. The minimum absolute atomic E-state index is 1.24. The molecule has 0 saturated carbocycles. The second kappa shape index (κ2) is 14.2. The highest BCUT2D eigenvalue weighted by molar-refractivity contribution is 7.01. The maximum absolute atomic E-state index is 2.59. The van der Waals surface area contributed by atoms with Crippen LogP contribution in [0.1, 0.15) is 77.9 Å². The van der Waals surface area contributed by atoms with E-state index >= 15 is 0 Å². The van der Waals surface area contributed by atoms with Gasteiger partial charge in [0.1, 0.15) is 8.07 Å². The Balaban J connectivity index is 1.54. The van der Waals surface area contributed by atoms with E-state index in [0.29, 0.717) is 0 Å². The van der Waals surface area contributed by atoms with Gasteiger partial charge in [0, 0.05) is 0 Å². The van der Waals surface area contributed by atoms with E-state index in [9.17, 15) is 0 Å². The van der Waals surface area contributed by atoms with Crippen molar-refractivity contribution in [2.75, 3.05) is 9.80 Å². The van der Waals surface area contributed by atoms with Gasteiger partial charge in [-0.05, 0) is 161 Å². The SMILES string of the molecule is Cc1cc(C)c(N(c2cccc3c2C=Cc2c(N(c4c(C)cc(C)cc4C)c4c(C)cc(C)cc4C)cccc2[Si]3(C)C)c2c(C)cc(C)cc2C)c(C)c1. The third kappa shape index (κ3) is 6.57. The zero-order valence-corrected chi connectivity index (χ0v) is 36.6. The van der Waals surface area contributed by atoms with Gasteiger partial charge in [-0.3, -0.25) is 0 Å². The molecule has 0 spiro atoms. The molecule has 6 aromatic carbocycles. The molecule has 0 atom stereocenters. The molecule has 0 aromatic heterocycles. The summed E-state index contributed by atoms with van der Waals surface area (Å²) in [6, 6.07) is 32.9. The summed E-state index contributed by atoms with van der Waals surface area (Å²) in [5.41, 5.74) is 25.7. The van der Waals surface area contributed by atoms with Crippen LogP contribution < -0.4 is 20.2 Å². The molecular formula is C52H58N2Si. The van der Waals surface area contributed by atoms with Crippen LogP contribution in [0.4, 0.5) is 34.1 Å². The molecule has 280 valence electrons. The summed E-state index contributed by atoms with van der Waals surface area (Å²) in [6.45, 7) is 32.1. The summed E-state index contributed by atoms with van der Waals surface area (Å²) in [4.78, 5) is 5.17. The zero-order chi connectivity index (χ0) is 39.7. The molecule has 0 aliphatic carbocycles. The van der Waals surface area contributed by atoms with E-state index in [-0.39, 0.29) is 0 Å². The van der Waals surface area contributed by atoms with Crippen LogP contribution in [0.3, 0.4) is 0 Å². The van der Waals surface area contributed by atoms with Crippen molar-refractivity contribution >= 4 is 64.7 Å². The Kier molecular flexibility index (Phi) is 9.84. The van der Waals surface area contributed by atoms with E-state index < -0.39 is 8.07 Å². The summed E-state index contributed by atoms with van der Waals surface area (Å²) >= 11 is 0. The lowest BCUT2D eigenvalue weighted by molar-refractivity contribution is 1.16.